The second-order valence-corrected chi connectivity index (χ2v) is 9.50. The number of hydrogen-bond acceptors (Lipinski definition) is 6. The molecule has 5 rings (SSSR count). The summed E-state index contributed by atoms with van der Waals surface area (Å²) < 4.78 is 45.0. The third-order valence-corrected chi connectivity index (χ3v) is 7.07. The van der Waals surface area contributed by atoms with E-state index in [9.17, 15) is 18.0 Å². The van der Waals surface area contributed by atoms with E-state index < -0.39 is 11.7 Å². The summed E-state index contributed by atoms with van der Waals surface area (Å²) in [4.78, 5) is 24.3. The number of alkyl halides is 3. The Kier molecular flexibility index (Phi) is 6.20. The third kappa shape index (κ3) is 4.86. The Hall–Kier alpha value is -3.08. The number of aryl methyl sites for hydroxylation is 2. The quantitative estimate of drug-likeness (QED) is 0.568. The number of amides is 1. The predicted molar refractivity (Wildman–Crippen MR) is 124 cm³/mol. The number of hydrogen-bond donors (Lipinski definition) is 2. The van der Waals surface area contributed by atoms with Gasteiger partial charge in [0.15, 0.2) is 5.76 Å². The second kappa shape index (κ2) is 9.18. The second-order valence-electron chi connectivity index (χ2n) is 9.50. The minimum Gasteiger partial charge on any atom is -0.367 e. The van der Waals surface area contributed by atoms with Gasteiger partial charge in [0, 0.05) is 38.3 Å². The standard InChI is InChI=1S/C24H29F3N6O2/c1-14-23(15(2)35-31-14)32-10-7-17(8-11-32)33-9-6-16(13-33)28-21(34)12-20-29-19-5-3-4-18(22(19)30-20)24(25,26)27/h3-5,16-17H,6-13H2,1-2H3,(H,28,34)(H,29,30)/t16-/m1/s1. The summed E-state index contributed by atoms with van der Waals surface area (Å²) in [6, 6.07) is 4.35. The molecule has 11 heteroatoms. The number of fused-ring (bicyclic) bond motifs is 1. The number of anilines is 1. The van der Waals surface area contributed by atoms with Crippen LogP contribution in [0.2, 0.25) is 0 Å². The molecule has 0 unspecified atom stereocenters. The lowest BCUT2D eigenvalue weighted by molar-refractivity contribution is -0.136. The fraction of sp³-hybridized carbons (Fsp3) is 0.542. The highest BCUT2D eigenvalue weighted by Gasteiger charge is 2.34. The van der Waals surface area contributed by atoms with E-state index in [0.717, 1.165) is 68.6 Å². The average Bonchev–Trinajstić information content (AvgIpc) is 3.51. The number of nitrogens with zero attached hydrogens (tertiary/aromatic N) is 4. The SMILES string of the molecule is Cc1noc(C)c1N1CCC(N2CC[C@@H](NC(=O)Cc3nc4c(C(F)(F)F)cccc4[nH]3)C2)CC1. The summed E-state index contributed by atoms with van der Waals surface area (Å²) in [6.07, 6.45) is -1.66. The zero-order chi connectivity index (χ0) is 24.7. The molecule has 0 bridgehead atoms. The lowest BCUT2D eigenvalue weighted by Gasteiger charge is -2.37. The molecule has 4 heterocycles. The van der Waals surface area contributed by atoms with Gasteiger partial charge in [-0.05, 0) is 45.2 Å². The van der Waals surface area contributed by atoms with E-state index in [4.69, 9.17) is 4.52 Å². The number of carbonyl (C=O) groups is 1. The normalized spacial score (nSPS) is 20.1. The van der Waals surface area contributed by atoms with Crippen LogP contribution in [0.4, 0.5) is 18.9 Å². The van der Waals surface area contributed by atoms with Crippen LogP contribution < -0.4 is 10.2 Å². The third-order valence-electron chi connectivity index (χ3n) is 7.07. The molecule has 2 aliphatic heterocycles. The van der Waals surface area contributed by atoms with E-state index in [1.807, 2.05) is 13.8 Å². The molecule has 1 atom stereocenters. The number of rotatable bonds is 5. The molecular formula is C24H29F3N6O2. The van der Waals surface area contributed by atoms with Gasteiger partial charge in [-0.15, -0.1) is 0 Å². The van der Waals surface area contributed by atoms with Gasteiger partial charge in [0.1, 0.15) is 22.7 Å². The minimum atomic E-state index is -4.50. The molecular weight excluding hydrogens is 461 g/mol. The zero-order valence-corrected chi connectivity index (χ0v) is 19.8. The molecule has 0 saturated carbocycles. The highest BCUT2D eigenvalue weighted by molar-refractivity contribution is 5.82. The lowest BCUT2D eigenvalue weighted by Crippen LogP contribution is -2.46. The van der Waals surface area contributed by atoms with Crippen LogP contribution in [0.3, 0.4) is 0 Å². The maximum atomic E-state index is 13.2. The topological polar surface area (TPSA) is 90.3 Å². The van der Waals surface area contributed by atoms with Crippen molar-refractivity contribution >= 4 is 22.6 Å². The molecule has 0 spiro atoms. The van der Waals surface area contributed by atoms with Crippen LogP contribution in [0, 0.1) is 13.8 Å². The number of carbonyl (C=O) groups excluding carboxylic acids is 1. The maximum Gasteiger partial charge on any atom is 0.418 e. The van der Waals surface area contributed by atoms with E-state index in [-0.39, 0.29) is 35.2 Å². The van der Waals surface area contributed by atoms with Crippen LogP contribution in [-0.4, -0.2) is 64.2 Å². The zero-order valence-electron chi connectivity index (χ0n) is 19.8. The summed E-state index contributed by atoms with van der Waals surface area (Å²) in [7, 11) is 0. The Balaban J connectivity index is 1.13. The van der Waals surface area contributed by atoms with Crippen molar-refractivity contribution in [1.82, 2.24) is 25.3 Å². The molecule has 2 aromatic heterocycles. The molecule has 1 aromatic carbocycles. The largest absolute Gasteiger partial charge is 0.418 e. The fourth-order valence-corrected chi connectivity index (χ4v) is 5.45. The predicted octanol–water partition coefficient (Wildman–Crippen LogP) is 3.59. The van der Waals surface area contributed by atoms with Crippen molar-refractivity contribution in [3.8, 4) is 0 Å². The highest BCUT2D eigenvalue weighted by atomic mass is 19.4. The number of halogens is 3. The Bertz CT molecular complexity index is 1190. The molecule has 35 heavy (non-hydrogen) atoms. The van der Waals surface area contributed by atoms with Crippen molar-refractivity contribution in [1.29, 1.82) is 0 Å². The minimum absolute atomic E-state index is 0.0261. The number of likely N-dealkylation sites (tertiary alicyclic amines) is 1. The Labute approximate surface area is 200 Å². The number of benzene rings is 1. The number of piperidine rings is 1. The molecule has 0 radical (unpaired) electrons. The van der Waals surface area contributed by atoms with Gasteiger partial charge in [-0.2, -0.15) is 13.2 Å². The lowest BCUT2D eigenvalue weighted by atomic mass is 10.0. The van der Waals surface area contributed by atoms with Gasteiger partial charge < -0.3 is 19.7 Å². The molecule has 2 aliphatic rings. The summed E-state index contributed by atoms with van der Waals surface area (Å²) in [5, 5.41) is 7.10. The first-order chi connectivity index (χ1) is 16.7. The van der Waals surface area contributed by atoms with Crippen molar-refractivity contribution < 1.29 is 22.5 Å². The average molecular weight is 491 g/mol. The maximum absolute atomic E-state index is 13.2. The number of H-pyrrole nitrogens is 1. The van der Waals surface area contributed by atoms with Crippen LogP contribution in [0.5, 0.6) is 0 Å². The summed E-state index contributed by atoms with van der Waals surface area (Å²) in [6.45, 7) is 7.47. The Morgan fingerprint density at radius 3 is 2.66 bits per heavy atom. The first kappa shape index (κ1) is 23.7. The highest BCUT2D eigenvalue weighted by Crippen LogP contribution is 2.34. The summed E-state index contributed by atoms with van der Waals surface area (Å²) in [5.41, 5.74) is 1.34. The smallest absolute Gasteiger partial charge is 0.367 e. The van der Waals surface area contributed by atoms with E-state index in [2.05, 4.69) is 30.2 Å². The number of imidazole rings is 1. The van der Waals surface area contributed by atoms with Gasteiger partial charge in [0.2, 0.25) is 5.91 Å². The van der Waals surface area contributed by atoms with E-state index in [1.54, 1.807) is 0 Å². The van der Waals surface area contributed by atoms with Gasteiger partial charge in [-0.3, -0.25) is 9.69 Å². The van der Waals surface area contributed by atoms with Gasteiger partial charge in [0.25, 0.3) is 0 Å². The van der Waals surface area contributed by atoms with Gasteiger partial charge in [0.05, 0.1) is 17.5 Å². The fourth-order valence-electron chi connectivity index (χ4n) is 5.45. The number of nitrogens with one attached hydrogen (secondary N) is 2. The van der Waals surface area contributed by atoms with Gasteiger partial charge in [-0.25, -0.2) is 4.98 Å². The first-order valence-electron chi connectivity index (χ1n) is 11.9. The van der Waals surface area contributed by atoms with Crippen molar-refractivity contribution in [2.45, 2.75) is 57.8 Å². The molecule has 0 aliphatic carbocycles. The van der Waals surface area contributed by atoms with Crippen molar-refractivity contribution in [2.24, 2.45) is 0 Å². The number of aromatic nitrogens is 3. The first-order valence-corrected chi connectivity index (χ1v) is 11.9. The van der Waals surface area contributed by atoms with Crippen molar-refractivity contribution in [3.63, 3.8) is 0 Å². The molecule has 2 N–H and O–H groups in total. The monoisotopic (exact) mass is 490 g/mol. The summed E-state index contributed by atoms with van der Waals surface area (Å²) >= 11 is 0. The van der Waals surface area contributed by atoms with Crippen LogP contribution >= 0.6 is 0 Å². The molecule has 1 amide bonds. The Morgan fingerprint density at radius 2 is 1.97 bits per heavy atom. The van der Waals surface area contributed by atoms with E-state index in [0.29, 0.717) is 6.04 Å². The molecule has 2 saturated heterocycles. The number of para-hydroxylation sites is 1. The van der Waals surface area contributed by atoms with Crippen LogP contribution in [0.25, 0.3) is 11.0 Å². The van der Waals surface area contributed by atoms with Crippen molar-refractivity contribution in [3.05, 3.63) is 41.0 Å². The van der Waals surface area contributed by atoms with Gasteiger partial charge in [-0.1, -0.05) is 11.2 Å². The molecule has 188 valence electrons. The van der Waals surface area contributed by atoms with Crippen molar-refractivity contribution in [2.75, 3.05) is 31.1 Å². The molecule has 3 aromatic rings. The molecule has 8 nitrogen and oxygen atoms in total. The molecule has 2 fully saturated rings. The van der Waals surface area contributed by atoms with Crippen LogP contribution in [0.1, 0.15) is 42.1 Å². The van der Waals surface area contributed by atoms with Gasteiger partial charge >= 0.3 is 6.18 Å². The Morgan fingerprint density at radius 1 is 1.20 bits per heavy atom. The van der Waals surface area contributed by atoms with Crippen LogP contribution in [0.15, 0.2) is 22.7 Å². The summed E-state index contributed by atoms with van der Waals surface area (Å²) in [5.74, 6) is 0.845. The van der Waals surface area contributed by atoms with E-state index >= 15 is 0 Å². The van der Waals surface area contributed by atoms with E-state index in [1.165, 1.54) is 12.1 Å². The van der Waals surface area contributed by atoms with Crippen LogP contribution in [-0.2, 0) is 17.4 Å². The number of aromatic amines is 1.